The number of imidazole rings is 1. The van der Waals surface area contributed by atoms with E-state index in [1.807, 2.05) is 12.1 Å². The summed E-state index contributed by atoms with van der Waals surface area (Å²) < 4.78 is 2.48. The first-order chi connectivity index (χ1) is 13.9. The fourth-order valence-electron chi connectivity index (χ4n) is 4.83. The number of nitrogens with zero attached hydrogens (tertiary/aromatic N) is 3. The van der Waals surface area contributed by atoms with Gasteiger partial charge in [0.2, 0.25) is 0 Å². The summed E-state index contributed by atoms with van der Waals surface area (Å²) >= 11 is 0. The predicted octanol–water partition coefficient (Wildman–Crippen LogP) is 6.76. The lowest BCUT2D eigenvalue weighted by atomic mass is 9.75. The van der Waals surface area contributed by atoms with E-state index in [1.54, 1.807) is 0 Å². The average Bonchev–Trinajstić information content (AvgIpc) is 3.04. The van der Waals surface area contributed by atoms with Crippen molar-refractivity contribution in [2.45, 2.75) is 71.8 Å². The predicted molar refractivity (Wildman–Crippen MR) is 119 cm³/mol. The van der Waals surface area contributed by atoms with Crippen LogP contribution < -0.4 is 0 Å². The molecule has 0 aliphatic heterocycles. The molecule has 1 atom stereocenters. The van der Waals surface area contributed by atoms with Crippen molar-refractivity contribution in [3.05, 3.63) is 65.0 Å². The van der Waals surface area contributed by atoms with Crippen LogP contribution in [0.15, 0.2) is 42.5 Å². The SMILES string of the molecule is CC(C)c1ccc(Cc2nc3cc(C#N)ccc3n2C2CCCC(C)(C)C2)cc1. The van der Waals surface area contributed by atoms with Crippen LogP contribution in [0, 0.1) is 16.7 Å². The topological polar surface area (TPSA) is 41.6 Å². The summed E-state index contributed by atoms with van der Waals surface area (Å²) in [5, 5.41) is 9.31. The van der Waals surface area contributed by atoms with Gasteiger partial charge in [0.25, 0.3) is 0 Å². The van der Waals surface area contributed by atoms with E-state index in [0.717, 1.165) is 17.8 Å². The van der Waals surface area contributed by atoms with Crippen LogP contribution >= 0.6 is 0 Å². The number of nitriles is 1. The number of hydrogen-bond acceptors (Lipinski definition) is 2. The van der Waals surface area contributed by atoms with E-state index in [0.29, 0.717) is 22.9 Å². The number of rotatable bonds is 4. The van der Waals surface area contributed by atoms with E-state index in [1.165, 1.54) is 42.3 Å². The Hall–Kier alpha value is -2.60. The molecule has 1 aromatic heterocycles. The summed E-state index contributed by atoms with van der Waals surface area (Å²) in [6.45, 7) is 9.23. The zero-order valence-corrected chi connectivity index (χ0v) is 18.1. The maximum atomic E-state index is 9.31. The summed E-state index contributed by atoms with van der Waals surface area (Å²) in [5.74, 6) is 1.66. The molecule has 3 heteroatoms. The smallest absolute Gasteiger partial charge is 0.114 e. The van der Waals surface area contributed by atoms with Gasteiger partial charge in [-0.15, -0.1) is 0 Å². The maximum Gasteiger partial charge on any atom is 0.114 e. The van der Waals surface area contributed by atoms with E-state index in [4.69, 9.17) is 4.98 Å². The lowest BCUT2D eigenvalue weighted by Gasteiger charge is -2.36. The van der Waals surface area contributed by atoms with Crippen LogP contribution in [0.25, 0.3) is 11.0 Å². The summed E-state index contributed by atoms with van der Waals surface area (Å²) in [4.78, 5) is 5.01. The van der Waals surface area contributed by atoms with Gasteiger partial charge in [-0.1, -0.05) is 58.4 Å². The summed E-state index contributed by atoms with van der Waals surface area (Å²) in [7, 11) is 0. The van der Waals surface area contributed by atoms with E-state index in [2.05, 4.69) is 68.7 Å². The van der Waals surface area contributed by atoms with Gasteiger partial charge in [0.15, 0.2) is 0 Å². The second-order valence-corrected chi connectivity index (χ2v) is 9.70. The van der Waals surface area contributed by atoms with Gasteiger partial charge in [0.05, 0.1) is 22.7 Å². The zero-order valence-electron chi connectivity index (χ0n) is 18.1. The van der Waals surface area contributed by atoms with Crippen LogP contribution in [0.1, 0.15) is 87.9 Å². The number of hydrogen-bond donors (Lipinski definition) is 0. The molecule has 1 aliphatic carbocycles. The monoisotopic (exact) mass is 385 g/mol. The molecule has 1 aliphatic rings. The highest BCUT2D eigenvalue weighted by Gasteiger charge is 2.31. The molecule has 0 spiro atoms. The molecule has 29 heavy (non-hydrogen) atoms. The summed E-state index contributed by atoms with van der Waals surface area (Å²) in [6.07, 6.45) is 5.76. The zero-order chi connectivity index (χ0) is 20.6. The van der Waals surface area contributed by atoms with Crippen LogP contribution in [0.2, 0.25) is 0 Å². The van der Waals surface area contributed by atoms with Gasteiger partial charge in [0.1, 0.15) is 5.82 Å². The third kappa shape index (κ3) is 4.08. The Bertz CT molecular complexity index is 1050. The van der Waals surface area contributed by atoms with Gasteiger partial charge in [-0.25, -0.2) is 4.98 Å². The van der Waals surface area contributed by atoms with Crippen molar-refractivity contribution in [3.8, 4) is 6.07 Å². The van der Waals surface area contributed by atoms with Crippen molar-refractivity contribution in [1.82, 2.24) is 9.55 Å². The molecule has 2 aromatic carbocycles. The van der Waals surface area contributed by atoms with Crippen LogP contribution in [-0.2, 0) is 6.42 Å². The number of aromatic nitrogens is 2. The number of benzene rings is 2. The first kappa shape index (κ1) is 19.7. The van der Waals surface area contributed by atoms with Crippen LogP contribution in [0.3, 0.4) is 0 Å². The molecule has 1 unspecified atom stereocenters. The highest BCUT2D eigenvalue weighted by molar-refractivity contribution is 5.78. The van der Waals surface area contributed by atoms with E-state index in [-0.39, 0.29) is 0 Å². The largest absolute Gasteiger partial charge is 0.325 e. The molecular formula is C26H31N3. The summed E-state index contributed by atoms with van der Waals surface area (Å²) in [6, 6.07) is 17.6. The standard InChI is InChI=1S/C26H31N3/c1-18(2)21-10-7-19(8-11-21)15-25-28-23-14-20(17-27)9-12-24(23)29(25)22-6-5-13-26(3,4)16-22/h7-12,14,18,22H,5-6,13,15-16H2,1-4H3. The molecule has 1 fully saturated rings. The Balaban J connectivity index is 1.76. The van der Waals surface area contributed by atoms with Crippen molar-refractivity contribution >= 4 is 11.0 Å². The van der Waals surface area contributed by atoms with Crippen molar-refractivity contribution in [2.75, 3.05) is 0 Å². The third-order valence-corrected chi connectivity index (χ3v) is 6.44. The van der Waals surface area contributed by atoms with E-state index >= 15 is 0 Å². The van der Waals surface area contributed by atoms with Gasteiger partial charge in [-0.05, 0) is 59.9 Å². The van der Waals surface area contributed by atoms with Crippen LogP contribution in [-0.4, -0.2) is 9.55 Å². The molecule has 3 aromatic rings. The molecule has 4 rings (SSSR count). The molecular weight excluding hydrogens is 354 g/mol. The minimum Gasteiger partial charge on any atom is -0.325 e. The van der Waals surface area contributed by atoms with Gasteiger partial charge >= 0.3 is 0 Å². The summed E-state index contributed by atoms with van der Waals surface area (Å²) in [5.41, 5.74) is 5.82. The Morgan fingerprint density at radius 3 is 2.59 bits per heavy atom. The lowest BCUT2D eigenvalue weighted by Crippen LogP contribution is -2.26. The van der Waals surface area contributed by atoms with Gasteiger partial charge < -0.3 is 4.57 Å². The molecule has 0 radical (unpaired) electrons. The van der Waals surface area contributed by atoms with Crippen LogP contribution in [0.4, 0.5) is 0 Å². The Labute approximate surface area is 174 Å². The molecule has 3 nitrogen and oxygen atoms in total. The third-order valence-electron chi connectivity index (χ3n) is 6.44. The van der Waals surface area contributed by atoms with E-state index in [9.17, 15) is 5.26 Å². The first-order valence-electron chi connectivity index (χ1n) is 10.9. The van der Waals surface area contributed by atoms with Gasteiger partial charge in [0, 0.05) is 12.5 Å². The Morgan fingerprint density at radius 2 is 1.93 bits per heavy atom. The second-order valence-electron chi connectivity index (χ2n) is 9.70. The number of fused-ring (bicyclic) bond motifs is 1. The molecule has 0 bridgehead atoms. The highest BCUT2D eigenvalue weighted by atomic mass is 15.1. The Morgan fingerprint density at radius 1 is 1.17 bits per heavy atom. The van der Waals surface area contributed by atoms with Crippen molar-refractivity contribution in [2.24, 2.45) is 5.41 Å². The van der Waals surface area contributed by atoms with E-state index < -0.39 is 0 Å². The molecule has 0 saturated heterocycles. The van der Waals surface area contributed by atoms with Gasteiger partial charge in [-0.2, -0.15) is 5.26 Å². The lowest BCUT2D eigenvalue weighted by molar-refractivity contribution is 0.184. The highest BCUT2D eigenvalue weighted by Crippen LogP contribution is 2.42. The second kappa shape index (κ2) is 7.67. The minimum absolute atomic E-state index is 0.363. The molecule has 0 N–H and O–H groups in total. The molecule has 0 amide bonds. The minimum atomic E-state index is 0.363. The first-order valence-corrected chi connectivity index (χ1v) is 10.9. The maximum absolute atomic E-state index is 9.31. The van der Waals surface area contributed by atoms with Crippen molar-refractivity contribution in [1.29, 1.82) is 5.26 Å². The normalized spacial score (nSPS) is 18.8. The van der Waals surface area contributed by atoms with Crippen LogP contribution in [0.5, 0.6) is 0 Å². The van der Waals surface area contributed by atoms with Crippen molar-refractivity contribution in [3.63, 3.8) is 0 Å². The van der Waals surface area contributed by atoms with Crippen molar-refractivity contribution < 1.29 is 0 Å². The Kier molecular flexibility index (Phi) is 5.21. The molecule has 150 valence electrons. The molecule has 1 heterocycles. The fraction of sp³-hybridized carbons (Fsp3) is 0.462. The van der Waals surface area contributed by atoms with Gasteiger partial charge in [-0.3, -0.25) is 0 Å². The molecule has 1 saturated carbocycles. The fourth-order valence-corrected chi connectivity index (χ4v) is 4.83. The quantitative estimate of drug-likeness (QED) is 0.497. The average molecular weight is 386 g/mol.